The van der Waals surface area contributed by atoms with Crippen LogP contribution in [0.3, 0.4) is 0 Å². The van der Waals surface area contributed by atoms with E-state index in [2.05, 4.69) is 4.98 Å². The molecule has 0 aliphatic carbocycles. The van der Waals surface area contributed by atoms with Gasteiger partial charge in [0.1, 0.15) is 0 Å². The number of halogens is 6. The van der Waals surface area contributed by atoms with Crippen molar-refractivity contribution in [2.75, 3.05) is 5.73 Å². The third-order valence-corrected chi connectivity index (χ3v) is 5.74. The molecule has 128 valence electrons. The van der Waals surface area contributed by atoms with E-state index in [1.165, 1.54) is 6.20 Å². The third-order valence-electron chi connectivity index (χ3n) is 3.50. The highest BCUT2D eigenvalue weighted by Gasteiger charge is 2.21. The normalized spacial score (nSPS) is 11.0. The molecule has 0 unspecified atom stereocenters. The second kappa shape index (κ2) is 7.40. The van der Waals surface area contributed by atoms with Crippen molar-refractivity contribution >= 4 is 75.3 Å². The van der Waals surface area contributed by atoms with Gasteiger partial charge in [0, 0.05) is 16.7 Å². The molecule has 0 aliphatic heterocycles. The average Bonchev–Trinajstić information content (AvgIpc) is 2.57. The molecule has 8 heteroatoms. The minimum Gasteiger partial charge on any atom is -0.397 e. The molecular formula is C17H8Cl6N2. The van der Waals surface area contributed by atoms with Gasteiger partial charge in [-0.2, -0.15) is 0 Å². The largest absolute Gasteiger partial charge is 0.397 e. The zero-order chi connectivity index (χ0) is 18.3. The van der Waals surface area contributed by atoms with Crippen molar-refractivity contribution in [1.29, 1.82) is 0 Å². The van der Waals surface area contributed by atoms with Gasteiger partial charge in [0.25, 0.3) is 0 Å². The second-order valence-electron chi connectivity index (χ2n) is 5.10. The Balaban J connectivity index is 2.41. The number of hydrogen-bond acceptors (Lipinski definition) is 2. The minimum atomic E-state index is 0.266. The SMILES string of the molecule is Nc1cnc(-c2c(Cl)ccc(Cl)c2Cl)c(-c2c(Cl)ccc(Cl)c2Cl)c1. The number of hydrogen-bond donors (Lipinski definition) is 1. The van der Waals surface area contributed by atoms with Crippen LogP contribution in [0.15, 0.2) is 36.5 Å². The molecule has 0 amide bonds. The van der Waals surface area contributed by atoms with E-state index in [1.807, 2.05) is 0 Å². The van der Waals surface area contributed by atoms with Gasteiger partial charge in [-0.15, -0.1) is 0 Å². The maximum Gasteiger partial charge on any atom is 0.0813 e. The standard InChI is InChI=1S/C17H8Cl6N2/c18-9-1-3-11(20)15(22)13(9)8-5-7(24)6-25-17(8)14-10(19)2-4-12(21)16(14)23/h1-6H,24H2. The number of nitrogens with two attached hydrogens (primary N) is 1. The Hall–Kier alpha value is -0.870. The lowest BCUT2D eigenvalue weighted by molar-refractivity contribution is 1.33. The highest BCUT2D eigenvalue weighted by molar-refractivity contribution is 6.47. The maximum atomic E-state index is 6.38. The molecule has 0 fully saturated rings. The molecule has 0 saturated carbocycles. The molecule has 0 spiro atoms. The summed E-state index contributed by atoms with van der Waals surface area (Å²) in [5, 5.41) is 1.99. The molecule has 0 atom stereocenters. The van der Waals surface area contributed by atoms with E-state index in [1.54, 1.807) is 30.3 Å². The van der Waals surface area contributed by atoms with Crippen LogP contribution < -0.4 is 5.73 Å². The number of anilines is 1. The monoisotopic (exact) mass is 450 g/mol. The number of benzene rings is 2. The van der Waals surface area contributed by atoms with E-state index in [0.717, 1.165) is 0 Å². The lowest BCUT2D eigenvalue weighted by Gasteiger charge is -2.16. The van der Waals surface area contributed by atoms with Gasteiger partial charge in [0.15, 0.2) is 0 Å². The smallest absolute Gasteiger partial charge is 0.0813 e. The van der Waals surface area contributed by atoms with Crippen LogP contribution in [0.25, 0.3) is 22.4 Å². The first kappa shape index (κ1) is 18.9. The van der Waals surface area contributed by atoms with Crippen LogP contribution in [0.5, 0.6) is 0 Å². The summed E-state index contributed by atoms with van der Waals surface area (Å²) in [4.78, 5) is 4.39. The Morgan fingerprint density at radius 2 is 1.16 bits per heavy atom. The van der Waals surface area contributed by atoms with Gasteiger partial charge in [-0.1, -0.05) is 69.6 Å². The summed E-state index contributed by atoms with van der Waals surface area (Å²) in [6, 6.07) is 8.16. The van der Waals surface area contributed by atoms with Crippen molar-refractivity contribution in [2.24, 2.45) is 0 Å². The lowest BCUT2D eigenvalue weighted by Crippen LogP contribution is -1.96. The van der Waals surface area contributed by atoms with Crippen LogP contribution in [0.2, 0.25) is 30.1 Å². The number of aromatic nitrogens is 1. The quantitative estimate of drug-likeness (QED) is 0.401. The fraction of sp³-hybridized carbons (Fsp3) is 0. The number of nitrogens with zero attached hydrogens (tertiary/aromatic N) is 1. The fourth-order valence-corrected chi connectivity index (χ4v) is 3.83. The van der Waals surface area contributed by atoms with Gasteiger partial charge >= 0.3 is 0 Å². The van der Waals surface area contributed by atoms with Crippen LogP contribution in [0.4, 0.5) is 5.69 Å². The first-order valence-corrected chi connectivity index (χ1v) is 9.11. The fourth-order valence-electron chi connectivity index (χ4n) is 2.39. The molecule has 1 aromatic heterocycles. The topological polar surface area (TPSA) is 38.9 Å². The summed E-state index contributed by atoms with van der Waals surface area (Å²) in [7, 11) is 0. The summed E-state index contributed by atoms with van der Waals surface area (Å²) in [5.41, 5.74) is 8.26. The number of rotatable bonds is 2. The van der Waals surface area contributed by atoms with Crippen molar-refractivity contribution in [3.05, 3.63) is 66.7 Å². The number of nitrogen functional groups attached to an aromatic ring is 1. The van der Waals surface area contributed by atoms with Gasteiger partial charge in [-0.3, -0.25) is 4.98 Å². The summed E-state index contributed by atoms with van der Waals surface area (Å²) in [6.07, 6.45) is 1.48. The summed E-state index contributed by atoms with van der Waals surface area (Å²) in [5.74, 6) is 0. The first-order valence-electron chi connectivity index (χ1n) is 6.84. The molecular weight excluding hydrogens is 445 g/mol. The molecule has 3 rings (SSSR count). The van der Waals surface area contributed by atoms with E-state index >= 15 is 0 Å². The van der Waals surface area contributed by atoms with Crippen LogP contribution in [-0.4, -0.2) is 4.98 Å². The van der Waals surface area contributed by atoms with Crippen molar-refractivity contribution in [1.82, 2.24) is 4.98 Å². The zero-order valence-electron chi connectivity index (χ0n) is 12.3. The van der Waals surface area contributed by atoms with Crippen LogP contribution in [0, 0.1) is 0 Å². The molecule has 2 nitrogen and oxygen atoms in total. The molecule has 1 heterocycles. The Morgan fingerprint density at radius 1 is 0.680 bits per heavy atom. The van der Waals surface area contributed by atoms with E-state index < -0.39 is 0 Å². The van der Waals surface area contributed by atoms with Crippen LogP contribution in [0.1, 0.15) is 0 Å². The molecule has 3 aromatic rings. The molecule has 2 N–H and O–H groups in total. The van der Waals surface area contributed by atoms with Crippen molar-refractivity contribution in [3.63, 3.8) is 0 Å². The highest BCUT2D eigenvalue weighted by atomic mass is 35.5. The first-order chi connectivity index (χ1) is 11.8. The van der Waals surface area contributed by atoms with E-state index in [0.29, 0.717) is 48.2 Å². The van der Waals surface area contributed by atoms with Gasteiger partial charge in [-0.05, 0) is 30.3 Å². The summed E-state index contributed by atoms with van der Waals surface area (Å²) >= 11 is 37.7. The van der Waals surface area contributed by atoms with Crippen LogP contribution in [-0.2, 0) is 0 Å². The molecule has 0 aliphatic rings. The molecule has 25 heavy (non-hydrogen) atoms. The molecule has 0 saturated heterocycles. The molecule has 0 radical (unpaired) electrons. The Morgan fingerprint density at radius 3 is 1.76 bits per heavy atom. The van der Waals surface area contributed by atoms with Crippen molar-refractivity contribution in [3.8, 4) is 22.4 Å². The predicted octanol–water partition coefficient (Wildman–Crippen LogP) is 7.92. The third kappa shape index (κ3) is 3.52. The Labute approximate surface area is 174 Å². The summed E-state index contributed by atoms with van der Waals surface area (Å²) < 4.78 is 0. The van der Waals surface area contributed by atoms with Crippen molar-refractivity contribution < 1.29 is 0 Å². The highest BCUT2D eigenvalue weighted by Crippen LogP contribution is 2.46. The average molecular weight is 453 g/mol. The molecule has 0 bridgehead atoms. The van der Waals surface area contributed by atoms with Gasteiger partial charge in [0.2, 0.25) is 0 Å². The molecule has 2 aromatic carbocycles. The van der Waals surface area contributed by atoms with Crippen molar-refractivity contribution in [2.45, 2.75) is 0 Å². The van der Waals surface area contributed by atoms with E-state index in [-0.39, 0.29) is 10.0 Å². The number of pyridine rings is 1. The predicted molar refractivity (Wildman–Crippen MR) is 110 cm³/mol. The Kier molecular flexibility index (Phi) is 5.60. The maximum absolute atomic E-state index is 6.38. The van der Waals surface area contributed by atoms with E-state index in [9.17, 15) is 0 Å². The van der Waals surface area contributed by atoms with Gasteiger partial charge in [0.05, 0.1) is 47.7 Å². The Bertz CT molecular complexity index is 987. The van der Waals surface area contributed by atoms with Gasteiger partial charge < -0.3 is 5.73 Å². The minimum absolute atomic E-state index is 0.266. The second-order valence-corrected chi connectivity index (χ2v) is 7.49. The summed E-state index contributed by atoms with van der Waals surface area (Å²) in [6.45, 7) is 0. The van der Waals surface area contributed by atoms with Crippen LogP contribution >= 0.6 is 69.6 Å². The van der Waals surface area contributed by atoms with Gasteiger partial charge in [-0.25, -0.2) is 0 Å². The zero-order valence-corrected chi connectivity index (χ0v) is 16.8. The van der Waals surface area contributed by atoms with E-state index in [4.69, 9.17) is 75.3 Å². The lowest BCUT2D eigenvalue weighted by atomic mass is 9.98.